The Kier molecular flexibility index (Phi) is 5.36. The summed E-state index contributed by atoms with van der Waals surface area (Å²) in [6, 6.07) is 0. The van der Waals surface area contributed by atoms with Gasteiger partial charge in [-0.3, -0.25) is 4.79 Å². The minimum atomic E-state index is -0.531. The molecule has 1 rings (SSSR count). The Morgan fingerprint density at radius 3 is 2.82 bits per heavy atom. The lowest BCUT2D eigenvalue weighted by atomic mass is 10.1. The fourth-order valence-corrected chi connectivity index (χ4v) is 1.66. The van der Waals surface area contributed by atoms with Gasteiger partial charge in [-0.05, 0) is 20.8 Å². The van der Waals surface area contributed by atoms with E-state index in [0.29, 0.717) is 39.3 Å². The first-order valence-corrected chi connectivity index (χ1v) is 6.17. The molecule has 100 valence electrons. The number of nitrogens with one attached hydrogen (secondary N) is 1. The third kappa shape index (κ3) is 6.00. The van der Waals surface area contributed by atoms with E-state index < -0.39 is 6.10 Å². The monoisotopic (exact) mass is 244 g/mol. The Balaban J connectivity index is 2.33. The molecule has 1 saturated heterocycles. The summed E-state index contributed by atoms with van der Waals surface area (Å²) in [6.07, 6.45) is -0.115. The van der Waals surface area contributed by atoms with Gasteiger partial charge in [0.25, 0.3) is 0 Å². The molecular weight excluding hydrogens is 220 g/mol. The summed E-state index contributed by atoms with van der Waals surface area (Å²) < 4.78 is 5.23. The number of aliphatic hydroxyl groups excluding tert-OH is 1. The third-order valence-corrected chi connectivity index (χ3v) is 2.62. The maximum atomic E-state index is 11.7. The number of amides is 1. The first kappa shape index (κ1) is 14.4. The molecule has 1 aliphatic heterocycles. The van der Waals surface area contributed by atoms with Crippen molar-refractivity contribution in [2.24, 2.45) is 0 Å². The summed E-state index contributed by atoms with van der Waals surface area (Å²) in [6.45, 7) is 8.64. The highest BCUT2D eigenvalue weighted by atomic mass is 16.5. The molecule has 0 aromatic carbocycles. The van der Waals surface area contributed by atoms with Crippen molar-refractivity contribution >= 4 is 5.91 Å². The van der Waals surface area contributed by atoms with Crippen LogP contribution in [0, 0.1) is 0 Å². The van der Waals surface area contributed by atoms with Crippen LogP contribution in [-0.4, -0.2) is 60.4 Å². The number of aliphatic hydroxyl groups is 1. The second-order valence-corrected chi connectivity index (χ2v) is 5.49. The van der Waals surface area contributed by atoms with E-state index in [1.165, 1.54) is 0 Å². The smallest absolute Gasteiger partial charge is 0.225 e. The van der Waals surface area contributed by atoms with Crippen LogP contribution in [0.3, 0.4) is 0 Å². The van der Waals surface area contributed by atoms with E-state index >= 15 is 0 Å². The van der Waals surface area contributed by atoms with Gasteiger partial charge in [0.2, 0.25) is 5.91 Å². The Bertz CT molecular complexity index is 251. The molecule has 0 bridgehead atoms. The van der Waals surface area contributed by atoms with E-state index in [1.54, 1.807) is 4.90 Å². The van der Waals surface area contributed by atoms with Gasteiger partial charge in [0.05, 0.1) is 25.7 Å². The number of hydrogen-bond donors (Lipinski definition) is 2. The number of rotatable bonds is 4. The van der Waals surface area contributed by atoms with Crippen molar-refractivity contribution in [2.45, 2.75) is 38.8 Å². The quantitative estimate of drug-likeness (QED) is 0.730. The van der Waals surface area contributed by atoms with Gasteiger partial charge in [-0.1, -0.05) is 0 Å². The maximum Gasteiger partial charge on any atom is 0.225 e. The number of nitrogens with zero attached hydrogens (tertiary/aromatic N) is 1. The van der Waals surface area contributed by atoms with Gasteiger partial charge in [-0.15, -0.1) is 0 Å². The number of ether oxygens (including phenoxy) is 1. The predicted molar refractivity (Wildman–Crippen MR) is 65.8 cm³/mol. The first-order valence-electron chi connectivity index (χ1n) is 6.17. The van der Waals surface area contributed by atoms with E-state index in [2.05, 4.69) is 5.32 Å². The number of β-amino-alcohol motifs (C(OH)–C–C–N with tert-alkyl or cyclic N) is 1. The van der Waals surface area contributed by atoms with Crippen LogP contribution in [0.15, 0.2) is 0 Å². The fraction of sp³-hybridized carbons (Fsp3) is 0.917. The van der Waals surface area contributed by atoms with Crippen molar-refractivity contribution in [2.75, 3.05) is 32.8 Å². The normalized spacial score (nSPS) is 20.2. The third-order valence-electron chi connectivity index (χ3n) is 2.62. The van der Waals surface area contributed by atoms with Crippen molar-refractivity contribution in [3.8, 4) is 0 Å². The second-order valence-electron chi connectivity index (χ2n) is 5.49. The topological polar surface area (TPSA) is 61.8 Å². The number of carbonyl (C=O) groups is 1. The van der Waals surface area contributed by atoms with Crippen molar-refractivity contribution < 1.29 is 14.6 Å². The van der Waals surface area contributed by atoms with Gasteiger partial charge in [-0.25, -0.2) is 0 Å². The highest BCUT2D eigenvalue weighted by Crippen LogP contribution is 2.03. The van der Waals surface area contributed by atoms with Crippen molar-refractivity contribution in [3.63, 3.8) is 0 Å². The van der Waals surface area contributed by atoms with Gasteiger partial charge in [-0.2, -0.15) is 0 Å². The molecule has 1 aliphatic rings. The Morgan fingerprint density at radius 2 is 2.18 bits per heavy atom. The van der Waals surface area contributed by atoms with Crippen molar-refractivity contribution in [1.82, 2.24) is 10.2 Å². The van der Waals surface area contributed by atoms with Crippen LogP contribution >= 0.6 is 0 Å². The van der Waals surface area contributed by atoms with Crippen LogP contribution in [-0.2, 0) is 9.53 Å². The summed E-state index contributed by atoms with van der Waals surface area (Å²) in [7, 11) is 0. The lowest BCUT2D eigenvalue weighted by molar-refractivity contribution is -0.131. The van der Waals surface area contributed by atoms with Crippen LogP contribution in [0.25, 0.3) is 0 Å². The average molecular weight is 244 g/mol. The van der Waals surface area contributed by atoms with Gasteiger partial charge in [0, 0.05) is 25.2 Å². The summed E-state index contributed by atoms with van der Waals surface area (Å²) in [4.78, 5) is 13.3. The fourth-order valence-electron chi connectivity index (χ4n) is 1.66. The molecule has 17 heavy (non-hydrogen) atoms. The van der Waals surface area contributed by atoms with Crippen LogP contribution in [0.1, 0.15) is 27.2 Å². The molecule has 1 fully saturated rings. The molecule has 1 heterocycles. The first-order chi connectivity index (χ1) is 7.88. The molecule has 1 amide bonds. The zero-order valence-electron chi connectivity index (χ0n) is 11.0. The summed E-state index contributed by atoms with van der Waals surface area (Å²) >= 11 is 0. The van der Waals surface area contributed by atoms with Gasteiger partial charge < -0.3 is 20.1 Å². The summed E-state index contributed by atoms with van der Waals surface area (Å²) in [5.41, 5.74) is -0.0209. The number of hydrogen-bond acceptors (Lipinski definition) is 4. The minimum absolute atomic E-state index is 0.0209. The molecule has 0 saturated carbocycles. The SMILES string of the molecule is CC(C)(C)NCC(O)CN1CCOCCC1=O. The van der Waals surface area contributed by atoms with Crippen LogP contribution in [0.4, 0.5) is 0 Å². The average Bonchev–Trinajstić information content (AvgIpc) is 2.41. The molecule has 0 aromatic rings. The van der Waals surface area contributed by atoms with Gasteiger partial charge >= 0.3 is 0 Å². The lowest BCUT2D eigenvalue weighted by Gasteiger charge is -2.26. The summed E-state index contributed by atoms with van der Waals surface area (Å²) in [5.74, 6) is 0.0670. The lowest BCUT2D eigenvalue weighted by Crippen LogP contribution is -2.46. The highest BCUT2D eigenvalue weighted by molar-refractivity contribution is 5.76. The zero-order chi connectivity index (χ0) is 12.9. The van der Waals surface area contributed by atoms with Crippen LogP contribution in [0.2, 0.25) is 0 Å². The Labute approximate surface area is 103 Å². The molecule has 1 atom stereocenters. The zero-order valence-corrected chi connectivity index (χ0v) is 11.0. The van der Waals surface area contributed by atoms with Crippen LogP contribution in [0.5, 0.6) is 0 Å². The Morgan fingerprint density at radius 1 is 1.47 bits per heavy atom. The molecule has 5 nitrogen and oxygen atoms in total. The molecule has 0 spiro atoms. The minimum Gasteiger partial charge on any atom is -0.390 e. The largest absolute Gasteiger partial charge is 0.390 e. The van der Waals surface area contributed by atoms with E-state index in [4.69, 9.17) is 4.74 Å². The van der Waals surface area contributed by atoms with E-state index in [1.807, 2.05) is 20.8 Å². The maximum absolute atomic E-state index is 11.7. The molecule has 0 aromatic heterocycles. The van der Waals surface area contributed by atoms with Gasteiger partial charge in [0.15, 0.2) is 0 Å². The molecule has 2 N–H and O–H groups in total. The molecule has 0 radical (unpaired) electrons. The highest BCUT2D eigenvalue weighted by Gasteiger charge is 2.20. The second kappa shape index (κ2) is 6.33. The van der Waals surface area contributed by atoms with Crippen molar-refractivity contribution in [3.05, 3.63) is 0 Å². The van der Waals surface area contributed by atoms with Crippen LogP contribution < -0.4 is 5.32 Å². The predicted octanol–water partition coefficient (Wildman–Crippen LogP) is -0.0157. The van der Waals surface area contributed by atoms with Gasteiger partial charge in [0.1, 0.15) is 0 Å². The van der Waals surface area contributed by atoms with E-state index in [-0.39, 0.29) is 11.4 Å². The molecule has 5 heteroatoms. The van der Waals surface area contributed by atoms with E-state index in [0.717, 1.165) is 0 Å². The molecular formula is C12H24N2O3. The number of carbonyl (C=O) groups excluding carboxylic acids is 1. The molecule has 0 aliphatic carbocycles. The molecule has 1 unspecified atom stereocenters. The standard InChI is InChI=1S/C12H24N2O3/c1-12(2,3)13-8-10(15)9-14-5-7-17-6-4-11(14)16/h10,13,15H,4-9H2,1-3H3. The van der Waals surface area contributed by atoms with Crippen molar-refractivity contribution in [1.29, 1.82) is 0 Å². The van der Waals surface area contributed by atoms with E-state index in [9.17, 15) is 9.90 Å². The summed E-state index contributed by atoms with van der Waals surface area (Å²) in [5, 5.41) is 13.1. The Hall–Kier alpha value is -0.650.